The van der Waals surface area contributed by atoms with Crippen LogP contribution in [0.3, 0.4) is 0 Å². The average molecular weight is 336 g/mol. The Bertz CT molecular complexity index is 904. The minimum absolute atomic E-state index is 0.0248. The molecule has 2 aromatic rings. The lowest BCUT2D eigenvalue weighted by molar-refractivity contribution is 0.0882. The zero-order valence-corrected chi connectivity index (χ0v) is 14.4. The molecule has 0 saturated heterocycles. The first-order chi connectivity index (χ1) is 10.6. The molecule has 0 spiro atoms. The molecule has 23 heavy (non-hydrogen) atoms. The quantitative estimate of drug-likeness (QED) is 0.857. The van der Waals surface area contributed by atoms with Gasteiger partial charge in [-0.15, -0.1) is 0 Å². The van der Waals surface area contributed by atoms with Crippen molar-refractivity contribution in [1.29, 1.82) is 0 Å². The number of carbonyl (C=O) groups is 1. The fraction of sp³-hybridized carbons (Fsp3) is 0.375. The molecular formula is C16H20N2O4S. The maximum Gasteiger partial charge on any atom is 0.349 e. The van der Waals surface area contributed by atoms with Gasteiger partial charge in [0.2, 0.25) is 5.91 Å². The van der Waals surface area contributed by atoms with Crippen molar-refractivity contribution < 1.29 is 13.2 Å². The van der Waals surface area contributed by atoms with Crippen molar-refractivity contribution >= 4 is 15.9 Å². The van der Waals surface area contributed by atoms with Crippen LogP contribution in [0, 0.1) is 19.8 Å². The summed E-state index contributed by atoms with van der Waals surface area (Å²) in [6.07, 6.45) is 2.49. The van der Waals surface area contributed by atoms with Gasteiger partial charge in [0.1, 0.15) is 0 Å². The van der Waals surface area contributed by atoms with Crippen molar-refractivity contribution in [3.05, 3.63) is 52.2 Å². The Morgan fingerprint density at radius 2 is 1.78 bits per heavy atom. The van der Waals surface area contributed by atoms with Crippen LogP contribution in [0.15, 0.2) is 40.3 Å². The van der Waals surface area contributed by atoms with E-state index in [0.717, 1.165) is 21.9 Å². The second-order valence-electron chi connectivity index (χ2n) is 5.99. The highest BCUT2D eigenvalue weighted by Crippen LogP contribution is 2.16. The van der Waals surface area contributed by atoms with Gasteiger partial charge in [0.25, 0.3) is 10.0 Å². The van der Waals surface area contributed by atoms with Gasteiger partial charge >= 0.3 is 5.69 Å². The van der Waals surface area contributed by atoms with E-state index in [4.69, 9.17) is 0 Å². The number of aryl methyl sites for hydroxylation is 2. The third-order valence-corrected chi connectivity index (χ3v) is 5.28. The number of benzene rings is 1. The molecule has 1 heterocycles. The number of hydrogen-bond donors (Lipinski definition) is 0. The summed E-state index contributed by atoms with van der Waals surface area (Å²) in [7, 11) is -4.02. The molecule has 0 amide bonds. The highest BCUT2D eigenvalue weighted by Gasteiger charge is 2.22. The molecular weight excluding hydrogens is 316 g/mol. The topological polar surface area (TPSA) is 78.1 Å². The zero-order chi connectivity index (χ0) is 17.4. The summed E-state index contributed by atoms with van der Waals surface area (Å²) in [6.45, 7) is 7.38. The number of rotatable bonds is 4. The number of imidazole rings is 1. The average Bonchev–Trinajstić information content (AvgIpc) is 2.83. The summed E-state index contributed by atoms with van der Waals surface area (Å²) in [4.78, 5) is 24.3. The van der Waals surface area contributed by atoms with Crippen molar-refractivity contribution in [3.63, 3.8) is 0 Å². The molecule has 7 heteroatoms. The maximum absolute atomic E-state index is 12.6. The van der Waals surface area contributed by atoms with E-state index in [1.54, 1.807) is 13.0 Å². The molecule has 2 rings (SSSR count). The van der Waals surface area contributed by atoms with Crippen LogP contribution in [0.25, 0.3) is 0 Å². The molecule has 0 saturated carbocycles. The predicted molar refractivity (Wildman–Crippen MR) is 87.3 cm³/mol. The summed E-state index contributed by atoms with van der Waals surface area (Å²) in [5.74, 6) is -0.340. The number of aromatic nitrogens is 2. The summed E-state index contributed by atoms with van der Waals surface area (Å²) in [5.41, 5.74) is 0.907. The lowest BCUT2D eigenvalue weighted by Crippen LogP contribution is -2.32. The smallest absolute Gasteiger partial charge is 0.274 e. The summed E-state index contributed by atoms with van der Waals surface area (Å²) < 4.78 is 26.7. The van der Waals surface area contributed by atoms with Crippen LogP contribution in [-0.4, -0.2) is 22.9 Å². The van der Waals surface area contributed by atoms with E-state index in [1.165, 1.54) is 18.3 Å². The fourth-order valence-corrected chi connectivity index (χ4v) is 3.47. The SMILES string of the molecule is Cc1ccc(S(=O)(=O)n2ccn(C(=O)CC(C)C)c2=O)cc1C. The van der Waals surface area contributed by atoms with E-state index in [1.807, 2.05) is 20.8 Å². The first kappa shape index (κ1) is 17.2. The third-order valence-electron chi connectivity index (χ3n) is 3.63. The van der Waals surface area contributed by atoms with Gasteiger partial charge in [-0.2, -0.15) is 3.97 Å². The van der Waals surface area contributed by atoms with Crippen molar-refractivity contribution in [2.75, 3.05) is 0 Å². The standard InChI is InChI=1S/C16H20N2O4S/c1-11(2)9-15(19)17-7-8-18(16(17)20)23(21,22)14-6-5-12(3)13(4)10-14/h5-8,10-11H,9H2,1-4H3. The largest absolute Gasteiger partial charge is 0.349 e. The van der Waals surface area contributed by atoms with Crippen LogP contribution >= 0.6 is 0 Å². The minimum atomic E-state index is -4.02. The second-order valence-corrected chi connectivity index (χ2v) is 7.80. The van der Waals surface area contributed by atoms with E-state index >= 15 is 0 Å². The molecule has 0 bridgehead atoms. The van der Waals surface area contributed by atoms with Crippen LogP contribution in [0.1, 0.15) is 36.2 Å². The molecule has 0 aliphatic carbocycles. The van der Waals surface area contributed by atoms with Gasteiger partial charge in [0, 0.05) is 18.8 Å². The van der Waals surface area contributed by atoms with E-state index in [0.29, 0.717) is 3.97 Å². The Morgan fingerprint density at radius 3 is 2.35 bits per heavy atom. The summed E-state index contributed by atoms with van der Waals surface area (Å²) in [6, 6.07) is 4.66. The van der Waals surface area contributed by atoms with Crippen LogP contribution in [0.5, 0.6) is 0 Å². The zero-order valence-electron chi connectivity index (χ0n) is 13.6. The van der Waals surface area contributed by atoms with Crippen molar-refractivity contribution in [2.45, 2.75) is 39.0 Å². The van der Waals surface area contributed by atoms with E-state index < -0.39 is 21.6 Å². The van der Waals surface area contributed by atoms with Crippen LogP contribution in [0.2, 0.25) is 0 Å². The van der Waals surface area contributed by atoms with Crippen molar-refractivity contribution in [3.8, 4) is 0 Å². The highest BCUT2D eigenvalue weighted by atomic mass is 32.2. The van der Waals surface area contributed by atoms with Gasteiger partial charge < -0.3 is 0 Å². The number of nitrogens with zero attached hydrogens (tertiary/aromatic N) is 2. The molecule has 124 valence electrons. The molecule has 0 aliphatic rings. The van der Waals surface area contributed by atoms with Gasteiger partial charge in [-0.05, 0) is 43.0 Å². The fourth-order valence-electron chi connectivity index (χ4n) is 2.17. The predicted octanol–water partition coefficient (Wildman–Crippen LogP) is 2.19. The second kappa shape index (κ2) is 6.16. The van der Waals surface area contributed by atoms with Gasteiger partial charge in [-0.1, -0.05) is 19.9 Å². The third kappa shape index (κ3) is 3.29. The maximum atomic E-state index is 12.6. The van der Waals surface area contributed by atoms with E-state index in [9.17, 15) is 18.0 Å². The Balaban J connectivity index is 2.50. The summed E-state index contributed by atoms with van der Waals surface area (Å²) >= 11 is 0. The van der Waals surface area contributed by atoms with Crippen LogP contribution < -0.4 is 5.69 Å². The first-order valence-electron chi connectivity index (χ1n) is 7.30. The number of hydrogen-bond acceptors (Lipinski definition) is 4. The molecule has 1 aromatic carbocycles. The molecule has 0 atom stereocenters. The van der Waals surface area contributed by atoms with E-state index in [-0.39, 0.29) is 17.2 Å². The van der Waals surface area contributed by atoms with Crippen LogP contribution in [0.4, 0.5) is 0 Å². The molecule has 0 N–H and O–H groups in total. The van der Waals surface area contributed by atoms with Gasteiger partial charge in [0.15, 0.2) is 0 Å². The molecule has 1 aromatic heterocycles. The molecule has 0 unspecified atom stereocenters. The molecule has 6 nitrogen and oxygen atoms in total. The Kier molecular flexibility index (Phi) is 4.61. The van der Waals surface area contributed by atoms with Crippen molar-refractivity contribution in [2.24, 2.45) is 5.92 Å². The monoisotopic (exact) mass is 336 g/mol. The minimum Gasteiger partial charge on any atom is -0.274 e. The van der Waals surface area contributed by atoms with E-state index in [2.05, 4.69) is 0 Å². The molecule has 0 radical (unpaired) electrons. The Labute approximate surface area is 135 Å². The summed E-state index contributed by atoms with van der Waals surface area (Å²) in [5, 5.41) is 0. The Morgan fingerprint density at radius 1 is 1.13 bits per heavy atom. The molecule has 0 aliphatic heterocycles. The molecule has 0 fully saturated rings. The first-order valence-corrected chi connectivity index (χ1v) is 8.74. The normalized spacial score (nSPS) is 11.9. The lowest BCUT2D eigenvalue weighted by Gasteiger charge is -2.07. The lowest BCUT2D eigenvalue weighted by atomic mass is 10.1. The Hall–Kier alpha value is -2.15. The van der Waals surface area contributed by atoms with Gasteiger partial charge in [-0.3, -0.25) is 4.79 Å². The van der Waals surface area contributed by atoms with Gasteiger partial charge in [-0.25, -0.2) is 17.8 Å². The van der Waals surface area contributed by atoms with Crippen LogP contribution in [-0.2, 0) is 10.0 Å². The number of carbonyl (C=O) groups excluding carboxylic acids is 1. The van der Waals surface area contributed by atoms with Crippen molar-refractivity contribution in [1.82, 2.24) is 8.54 Å². The van der Waals surface area contributed by atoms with Gasteiger partial charge in [0.05, 0.1) is 4.90 Å². The highest BCUT2D eigenvalue weighted by molar-refractivity contribution is 7.90.